The highest BCUT2D eigenvalue weighted by Gasteiger charge is 2.22. The lowest BCUT2D eigenvalue weighted by Gasteiger charge is -2.09. The van der Waals surface area contributed by atoms with E-state index in [1.54, 1.807) is 0 Å². The van der Waals surface area contributed by atoms with Crippen molar-refractivity contribution >= 4 is 5.97 Å². The first-order valence-electron chi connectivity index (χ1n) is 7.41. The molecule has 0 aromatic rings. The molecule has 0 amide bonds. The van der Waals surface area contributed by atoms with Gasteiger partial charge in [0.1, 0.15) is 0 Å². The largest absolute Gasteiger partial charge is 0.466 e. The van der Waals surface area contributed by atoms with Crippen LogP contribution in [0.25, 0.3) is 0 Å². The lowest BCUT2D eigenvalue weighted by atomic mass is 9.97. The molecule has 100 valence electrons. The zero-order valence-electron chi connectivity index (χ0n) is 11.5. The van der Waals surface area contributed by atoms with E-state index in [2.05, 4.69) is 6.92 Å². The van der Waals surface area contributed by atoms with E-state index in [1.807, 2.05) is 6.92 Å². The van der Waals surface area contributed by atoms with Crippen LogP contribution in [0.3, 0.4) is 0 Å². The summed E-state index contributed by atoms with van der Waals surface area (Å²) in [5.74, 6) is 1.95. The van der Waals surface area contributed by atoms with Gasteiger partial charge in [-0.25, -0.2) is 0 Å². The van der Waals surface area contributed by atoms with Crippen LogP contribution in [0.15, 0.2) is 0 Å². The number of unbranched alkanes of at least 4 members (excludes halogenated alkanes) is 2. The molecule has 1 aliphatic carbocycles. The number of carbonyl (C=O) groups excluding carboxylic acids is 1. The minimum Gasteiger partial charge on any atom is -0.466 e. The van der Waals surface area contributed by atoms with Crippen molar-refractivity contribution in [1.29, 1.82) is 0 Å². The van der Waals surface area contributed by atoms with Crippen molar-refractivity contribution < 1.29 is 9.53 Å². The number of hydrogen-bond donors (Lipinski definition) is 0. The summed E-state index contributed by atoms with van der Waals surface area (Å²) in [6.45, 7) is 4.69. The van der Waals surface area contributed by atoms with Gasteiger partial charge in [-0.1, -0.05) is 45.4 Å². The number of carbonyl (C=O) groups is 1. The van der Waals surface area contributed by atoms with Gasteiger partial charge in [0.05, 0.1) is 6.61 Å². The van der Waals surface area contributed by atoms with Crippen molar-refractivity contribution in [2.45, 2.75) is 71.6 Å². The Morgan fingerprint density at radius 2 is 1.88 bits per heavy atom. The summed E-state index contributed by atoms with van der Waals surface area (Å²) in [6.07, 6.45) is 11.2. The van der Waals surface area contributed by atoms with Gasteiger partial charge >= 0.3 is 5.97 Å². The second kappa shape index (κ2) is 8.54. The van der Waals surface area contributed by atoms with Crippen LogP contribution in [0.1, 0.15) is 71.6 Å². The lowest BCUT2D eigenvalue weighted by molar-refractivity contribution is -0.143. The summed E-state index contributed by atoms with van der Waals surface area (Å²) < 4.78 is 4.91. The molecule has 2 atom stereocenters. The Hall–Kier alpha value is -0.530. The van der Waals surface area contributed by atoms with E-state index in [4.69, 9.17) is 4.74 Å². The SMILES string of the molecule is CCOC(=O)CCCCCC1CCC(CC)C1. The van der Waals surface area contributed by atoms with Crippen molar-refractivity contribution in [3.8, 4) is 0 Å². The summed E-state index contributed by atoms with van der Waals surface area (Å²) in [5, 5.41) is 0. The third kappa shape index (κ3) is 6.09. The molecule has 1 fully saturated rings. The Kier molecular flexibility index (Phi) is 7.30. The molecule has 2 unspecified atom stereocenters. The van der Waals surface area contributed by atoms with Crippen molar-refractivity contribution in [3.05, 3.63) is 0 Å². The number of ether oxygens (including phenoxy) is 1. The Bertz CT molecular complexity index is 213. The van der Waals surface area contributed by atoms with E-state index in [0.29, 0.717) is 13.0 Å². The van der Waals surface area contributed by atoms with Gasteiger partial charge in [-0.15, -0.1) is 0 Å². The van der Waals surface area contributed by atoms with E-state index >= 15 is 0 Å². The van der Waals surface area contributed by atoms with Gasteiger partial charge < -0.3 is 4.74 Å². The molecule has 0 saturated heterocycles. The molecule has 0 N–H and O–H groups in total. The van der Waals surface area contributed by atoms with Crippen molar-refractivity contribution in [3.63, 3.8) is 0 Å². The Balaban J connectivity index is 1.92. The summed E-state index contributed by atoms with van der Waals surface area (Å²) in [6, 6.07) is 0. The second-order valence-electron chi connectivity index (χ2n) is 5.36. The van der Waals surface area contributed by atoms with Crippen LogP contribution in [-0.4, -0.2) is 12.6 Å². The third-order valence-corrected chi connectivity index (χ3v) is 4.03. The molecule has 0 bridgehead atoms. The molecule has 0 aromatic carbocycles. The molecule has 1 saturated carbocycles. The summed E-state index contributed by atoms with van der Waals surface area (Å²) >= 11 is 0. The summed E-state index contributed by atoms with van der Waals surface area (Å²) in [5.41, 5.74) is 0. The molecular formula is C15H28O2. The van der Waals surface area contributed by atoms with Crippen molar-refractivity contribution in [1.82, 2.24) is 0 Å². The Morgan fingerprint density at radius 3 is 2.53 bits per heavy atom. The van der Waals surface area contributed by atoms with Crippen molar-refractivity contribution in [2.75, 3.05) is 6.61 Å². The van der Waals surface area contributed by atoms with Crippen LogP contribution < -0.4 is 0 Å². The van der Waals surface area contributed by atoms with Gasteiger partial charge in [-0.3, -0.25) is 4.79 Å². The molecule has 0 aromatic heterocycles. The van der Waals surface area contributed by atoms with E-state index in [-0.39, 0.29) is 5.97 Å². The predicted molar refractivity (Wildman–Crippen MR) is 70.8 cm³/mol. The lowest BCUT2D eigenvalue weighted by Crippen LogP contribution is -2.03. The fraction of sp³-hybridized carbons (Fsp3) is 0.933. The van der Waals surface area contributed by atoms with E-state index in [0.717, 1.165) is 18.3 Å². The average molecular weight is 240 g/mol. The molecule has 0 heterocycles. The highest BCUT2D eigenvalue weighted by Crippen LogP contribution is 2.35. The Morgan fingerprint density at radius 1 is 1.12 bits per heavy atom. The number of hydrogen-bond acceptors (Lipinski definition) is 2. The predicted octanol–water partition coefficient (Wildman–Crippen LogP) is 4.33. The molecule has 0 radical (unpaired) electrons. The minimum absolute atomic E-state index is 0.0283. The maximum absolute atomic E-state index is 11.1. The molecule has 2 nitrogen and oxygen atoms in total. The third-order valence-electron chi connectivity index (χ3n) is 4.03. The standard InChI is InChI=1S/C15H28O2/c1-3-13-10-11-14(12-13)8-6-5-7-9-15(16)17-4-2/h13-14H,3-12H2,1-2H3. The Labute approximate surface area is 106 Å². The molecular weight excluding hydrogens is 212 g/mol. The first kappa shape index (κ1) is 14.5. The van der Waals surface area contributed by atoms with Crippen LogP contribution >= 0.6 is 0 Å². The monoisotopic (exact) mass is 240 g/mol. The van der Waals surface area contributed by atoms with Crippen LogP contribution in [0.4, 0.5) is 0 Å². The molecule has 0 aliphatic heterocycles. The zero-order valence-corrected chi connectivity index (χ0v) is 11.5. The molecule has 17 heavy (non-hydrogen) atoms. The topological polar surface area (TPSA) is 26.3 Å². The molecule has 1 aliphatic rings. The maximum Gasteiger partial charge on any atom is 0.305 e. The van der Waals surface area contributed by atoms with Gasteiger partial charge in [0.15, 0.2) is 0 Å². The van der Waals surface area contributed by atoms with Gasteiger partial charge in [0, 0.05) is 6.42 Å². The first-order valence-corrected chi connectivity index (χ1v) is 7.41. The summed E-state index contributed by atoms with van der Waals surface area (Å²) in [7, 11) is 0. The fourth-order valence-corrected chi connectivity index (χ4v) is 2.92. The smallest absolute Gasteiger partial charge is 0.305 e. The number of rotatable bonds is 8. The van der Waals surface area contributed by atoms with Gasteiger partial charge in [0.2, 0.25) is 0 Å². The molecule has 0 spiro atoms. The van der Waals surface area contributed by atoms with Crippen LogP contribution in [0.2, 0.25) is 0 Å². The van der Waals surface area contributed by atoms with Crippen LogP contribution in [-0.2, 0) is 9.53 Å². The summed E-state index contributed by atoms with van der Waals surface area (Å²) in [4.78, 5) is 11.1. The highest BCUT2D eigenvalue weighted by molar-refractivity contribution is 5.69. The molecule has 2 heteroatoms. The van der Waals surface area contributed by atoms with E-state index in [1.165, 1.54) is 44.9 Å². The highest BCUT2D eigenvalue weighted by atomic mass is 16.5. The zero-order chi connectivity index (χ0) is 12.5. The quantitative estimate of drug-likeness (QED) is 0.466. The fourth-order valence-electron chi connectivity index (χ4n) is 2.92. The maximum atomic E-state index is 11.1. The first-order chi connectivity index (χ1) is 8.26. The second-order valence-corrected chi connectivity index (χ2v) is 5.36. The normalized spacial score (nSPS) is 23.9. The van der Waals surface area contributed by atoms with E-state index in [9.17, 15) is 4.79 Å². The number of esters is 1. The van der Waals surface area contributed by atoms with Gasteiger partial charge in [-0.2, -0.15) is 0 Å². The average Bonchev–Trinajstić information content (AvgIpc) is 2.77. The van der Waals surface area contributed by atoms with Crippen molar-refractivity contribution in [2.24, 2.45) is 11.8 Å². The van der Waals surface area contributed by atoms with Gasteiger partial charge in [0.25, 0.3) is 0 Å². The van der Waals surface area contributed by atoms with Gasteiger partial charge in [-0.05, 0) is 31.6 Å². The van der Waals surface area contributed by atoms with E-state index < -0.39 is 0 Å². The van der Waals surface area contributed by atoms with Crippen LogP contribution in [0.5, 0.6) is 0 Å². The molecule has 1 rings (SSSR count). The minimum atomic E-state index is -0.0283. The van der Waals surface area contributed by atoms with Crippen LogP contribution in [0, 0.1) is 11.8 Å².